The lowest BCUT2D eigenvalue weighted by Gasteiger charge is -2.25. The van der Waals surface area contributed by atoms with Gasteiger partial charge in [0.2, 0.25) is 0 Å². The molecule has 0 saturated carbocycles. The maximum absolute atomic E-state index is 12.9. The van der Waals surface area contributed by atoms with Gasteiger partial charge < -0.3 is 14.4 Å². The van der Waals surface area contributed by atoms with Crippen molar-refractivity contribution in [3.8, 4) is 0 Å². The normalized spacial score (nSPS) is 11.9. The second-order valence-corrected chi connectivity index (χ2v) is 5.81. The number of pyridine rings is 1. The fourth-order valence-corrected chi connectivity index (χ4v) is 2.47. The largest absolute Gasteiger partial charge is 0.469 e. The van der Waals surface area contributed by atoms with Crippen molar-refractivity contribution >= 4 is 11.9 Å². The Labute approximate surface area is 144 Å². The highest BCUT2D eigenvalue weighted by Crippen LogP contribution is 2.13. The third kappa shape index (κ3) is 5.92. The number of ether oxygens (including phenoxy) is 2. The monoisotopic (exact) mass is 336 g/mol. The summed E-state index contributed by atoms with van der Waals surface area (Å²) in [6.07, 6.45) is 0.714. The van der Waals surface area contributed by atoms with Crippen LogP contribution in [0.5, 0.6) is 0 Å². The van der Waals surface area contributed by atoms with Crippen molar-refractivity contribution in [2.75, 3.05) is 33.4 Å². The van der Waals surface area contributed by atoms with Crippen LogP contribution in [0.1, 0.15) is 42.0 Å². The lowest BCUT2D eigenvalue weighted by atomic mass is 10.1. The van der Waals surface area contributed by atoms with Crippen LogP contribution in [0, 0.1) is 19.8 Å². The molecule has 1 rings (SSSR count). The third-order valence-electron chi connectivity index (χ3n) is 3.76. The lowest BCUT2D eigenvalue weighted by molar-refractivity contribution is -0.145. The fourth-order valence-electron chi connectivity index (χ4n) is 2.47. The summed E-state index contributed by atoms with van der Waals surface area (Å²) in [6.45, 7) is 9.46. The first-order chi connectivity index (χ1) is 11.4. The van der Waals surface area contributed by atoms with Gasteiger partial charge in [0, 0.05) is 32.0 Å². The van der Waals surface area contributed by atoms with E-state index in [-0.39, 0.29) is 17.8 Å². The van der Waals surface area contributed by atoms with Gasteiger partial charge in [-0.05, 0) is 39.3 Å². The number of aromatic nitrogens is 1. The Kier molecular flexibility index (Phi) is 8.40. The maximum atomic E-state index is 12.9. The van der Waals surface area contributed by atoms with E-state index in [0.717, 1.165) is 5.69 Å². The highest BCUT2D eigenvalue weighted by atomic mass is 16.5. The van der Waals surface area contributed by atoms with E-state index in [9.17, 15) is 9.59 Å². The van der Waals surface area contributed by atoms with Gasteiger partial charge in [0.05, 0.1) is 24.3 Å². The zero-order valence-electron chi connectivity index (χ0n) is 15.3. The first-order valence-corrected chi connectivity index (χ1v) is 8.29. The van der Waals surface area contributed by atoms with Crippen LogP contribution in [0.25, 0.3) is 0 Å². The van der Waals surface area contributed by atoms with E-state index in [1.54, 1.807) is 17.9 Å². The molecule has 0 saturated heterocycles. The van der Waals surface area contributed by atoms with Crippen molar-refractivity contribution in [1.29, 1.82) is 0 Å². The predicted molar refractivity (Wildman–Crippen MR) is 91.9 cm³/mol. The molecule has 0 aromatic carbocycles. The average molecular weight is 336 g/mol. The van der Waals surface area contributed by atoms with Crippen molar-refractivity contribution in [2.45, 2.75) is 34.1 Å². The van der Waals surface area contributed by atoms with Crippen LogP contribution in [-0.2, 0) is 14.3 Å². The topological polar surface area (TPSA) is 68.7 Å². The molecule has 1 aromatic rings. The van der Waals surface area contributed by atoms with Crippen molar-refractivity contribution in [1.82, 2.24) is 9.88 Å². The third-order valence-corrected chi connectivity index (χ3v) is 3.76. The van der Waals surface area contributed by atoms with E-state index in [4.69, 9.17) is 9.47 Å². The number of hydrogen-bond donors (Lipinski definition) is 0. The van der Waals surface area contributed by atoms with Crippen LogP contribution in [0.2, 0.25) is 0 Å². The van der Waals surface area contributed by atoms with Gasteiger partial charge in [0.25, 0.3) is 5.91 Å². The SMILES string of the molecule is CCOCCCN(CC(C)C(=O)OC)C(=O)c1ccc(C)nc1C. The summed E-state index contributed by atoms with van der Waals surface area (Å²) in [5.74, 6) is -0.826. The molecule has 0 N–H and O–H groups in total. The first kappa shape index (κ1) is 20.1. The van der Waals surface area contributed by atoms with Gasteiger partial charge in [0.15, 0.2) is 0 Å². The molecular weight excluding hydrogens is 308 g/mol. The minimum absolute atomic E-state index is 0.118. The zero-order valence-corrected chi connectivity index (χ0v) is 15.3. The smallest absolute Gasteiger partial charge is 0.310 e. The molecule has 0 aliphatic rings. The zero-order chi connectivity index (χ0) is 18.1. The molecule has 1 unspecified atom stereocenters. The van der Waals surface area contributed by atoms with Crippen molar-refractivity contribution in [3.63, 3.8) is 0 Å². The van der Waals surface area contributed by atoms with E-state index >= 15 is 0 Å². The van der Waals surface area contributed by atoms with Crippen LogP contribution in [0.15, 0.2) is 12.1 Å². The number of aryl methyl sites for hydroxylation is 2. The van der Waals surface area contributed by atoms with Crippen LogP contribution >= 0.6 is 0 Å². The highest BCUT2D eigenvalue weighted by Gasteiger charge is 2.23. The predicted octanol–water partition coefficient (Wildman–Crippen LogP) is 2.38. The minimum Gasteiger partial charge on any atom is -0.469 e. The molecule has 0 fully saturated rings. The molecule has 6 nitrogen and oxygen atoms in total. The summed E-state index contributed by atoms with van der Waals surface area (Å²) in [6, 6.07) is 3.61. The van der Waals surface area contributed by atoms with Crippen LogP contribution in [0.3, 0.4) is 0 Å². The first-order valence-electron chi connectivity index (χ1n) is 8.29. The molecule has 24 heavy (non-hydrogen) atoms. The molecule has 1 aromatic heterocycles. The number of amides is 1. The molecule has 1 amide bonds. The number of nitrogens with zero attached hydrogens (tertiary/aromatic N) is 2. The number of esters is 1. The summed E-state index contributed by atoms with van der Waals surface area (Å²) in [4.78, 5) is 30.6. The molecule has 0 radical (unpaired) electrons. The number of hydrogen-bond acceptors (Lipinski definition) is 5. The Bertz CT molecular complexity index is 560. The van der Waals surface area contributed by atoms with Gasteiger partial charge in [-0.25, -0.2) is 0 Å². The average Bonchev–Trinajstić information content (AvgIpc) is 2.56. The van der Waals surface area contributed by atoms with Gasteiger partial charge in [0.1, 0.15) is 0 Å². The Morgan fingerprint density at radius 1 is 1.29 bits per heavy atom. The molecule has 6 heteroatoms. The van der Waals surface area contributed by atoms with E-state index < -0.39 is 0 Å². The van der Waals surface area contributed by atoms with Crippen LogP contribution in [-0.4, -0.2) is 55.2 Å². The molecule has 1 atom stereocenters. The summed E-state index contributed by atoms with van der Waals surface area (Å²) in [7, 11) is 1.36. The number of rotatable bonds is 9. The second kappa shape index (κ2) is 10.0. The molecule has 0 aliphatic carbocycles. The number of carbonyl (C=O) groups is 2. The van der Waals surface area contributed by atoms with Crippen LogP contribution < -0.4 is 0 Å². The van der Waals surface area contributed by atoms with E-state index in [2.05, 4.69) is 4.98 Å². The Balaban J connectivity index is 2.88. The molecule has 0 aliphatic heterocycles. The maximum Gasteiger partial charge on any atom is 0.310 e. The Morgan fingerprint density at radius 2 is 2.00 bits per heavy atom. The van der Waals surface area contributed by atoms with Crippen LogP contribution in [0.4, 0.5) is 0 Å². The van der Waals surface area contributed by atoms with Gasteiger partial charge in [-0.1, -0.05) is 6.92 Å². The molecular formula is C18H28N2O4. The Morgan fingerprint density at radius 3 is 2.58 bits per heavy atom. The van der Waals surface area contributed by atoms with E-state index in [1.807, 2.05) is 26.8 Å². The van der Waals surface area contributed by atoms with Crippen molar-refractivity contribution in [3.05, 3.63) is 29.1 Å². The number of methoxy groups -OCH3 is 1. The van der Waals surface area contributed by atoms with Crippen molar-refractivity contribution < 1.29 is 19.1 Å². The summed E-state index contributed by atoms with van der Waals surface area (Å²) in [5.41, 5.74) is 2.13. The second-order valence-electron chi connectivity index (χ2n) is 5.81. The molecule has 1 heterocycles. The summed E-state index contributed by atoms with van der Waals surface area (Å²) >= 11 is 0. The quantitative estimate of drug-likeness (QED) is 0.511. The molecule has 0 spiro atoms. The Hall–Kier alpha value is -1.95. The van der Waals surface area contributed by atoms with Gasteiger partial charge in [-0.2, -0.15) is 0 Å². The molecule has 0 bridgehead atoms. The van der Waals surface area contributed by atoms with Gasteiger partial charge in [-0.15, -0.1) is 0 Å². The minimum atomic E-state index is -0.384. The lowest BCUT2D eigenvalue weighted by Crippen LogP contribution is -2.38. The van der Waals surface area contributed by atoms with E-state index in [0.29, 0.717) is 44.0 Å². The molecule has 134 valence electrons. The number of carbonyl (C=O) groups excluding carboxylic acids is 2. The van der Waals surface area contributed by atoms with Crippen molar-refractivity contribution in [2.24, 2.45) is 5.92 Å². The van der Waals surface area contributed by atoms with E-state index in [1.165, 1.54) is 7.11 Å². The standard InChI is InChI=1S/C18H28N2O4/c1-6-24-11-7-10-20(12-13(2)18(22)23-5)17(21)16-9-8-14(3)19-15(16)4/h8-9,13H,6-7,10-12H2,1-5H3. The summed E-state index contributed by atoms with van der Waals surface area (Å²) in [5, 5.41) is 0. The fraction of sp³-hybridized carbons (Fsp3) is 0.611. The highest BCUT2D eigenvalue weighted by molar-refractivity contribution is 5.95. The van der Waals surface area contributed by atoms with Gasteiger partial charge in [-0.3, -0.25) is 14.6 Å². The summed E-state index contributed by atoms with van der Waals surface area (Å²) < 4.78 is 10.1. The van der Waals surface area contributed by atoms with Gasteiger partial charge >= 0.3 is 5.97 Å².